The van der Waals surface area contributed by atoms with Crippen molar-refractivity contribution in [1.82, 2.24) is 9.97 Å². The van der Waals surface area contributed by atoms with Crippen molar-refractivity contribution in [2.24, 2.45) is 0 Å². The van der Waals surface area contributed by atoms with Gasteiger partial charge in [-0.15, -0.1) is 0 Å². The highest BCUT2D eigenvalue weighted by molar-refractivity contribution is 5.93. The van der Waals surface area contributed by atoms with Crippen LogP contribution in [0.2, 0.25) is 0 Å². The van der Waals surface area contributed by atoms with E-state index < -0.39 is 5.41 Å². The van der Waals surface area contributed by atoms with E-state index in [0.717, 1.165) is 46.7 Å². The first-order valence-corrected chi connectivity index (χ1v) is 22.1. The van der Waals surface area contributed by atoms with Gasteiger partial charge in [-0.05, 0) is 103 Å². The van der Waals surface area contributed by atoms with Crippen molar-refractivity contribution in [3.05, 3.63) is 239 Å². The Labute approximate surface area is 365 Å². The molecule has 0 N–H and O–H groups in total. The van der Waals surface area contributed by atoms with Gasteiger partial charge in [-0.25, -0.2) is 9.97 Å². The van der Waals surface area contributed by atoms with Crippen molar-refractivity contribution in [2.75, 3.05) is 0 Å². The van der Waals surface area contributed by atoms with E-state index in [1.807, 2.05) is 6.07 Å². The lowest BCUT2D eigenvalue weighted by atomic mass is 9.63. The smallest absolute Gasteiger partial charge is 0.160 e. The molecule has 2 aliphatic carbocycles. The first kappa shape index (κ1) is 37.8. The van der Waals surface area contributed by atoms with Crippen LogP contribution in [0.5, 0.6) is 0 Å². The third-order valence-corrected chi connectivity index (χ3v) is 13.8. The summed E-state index contributed by atoms with van der Waals surface area (Å²) in [6.07, 6.45) is 1.90. The monoisotopic (exact) mass is 796 g/mol. The second-order valence-corrected chi connectivity index (χ2v) is 17.4. The number of benzene rings is 8. The molecule has 2 heteroatoms. The van der Waals surface area contributed by atoms with Crippen LogP contribution in [0.4, 0.5) is 0 Å². The minimum Gasteiger partial charge on any atom is -0.228 e. The molecular formula is C60H48N2. The number of fused-ring (bicyclic) bond motifs is 6. The Morgan fingerprint density at radius 3 is 1.50 bits per heavy atom. The second kappa shape index (κ2) is 14.8. The molecule has 0 unspecified atom stereocenters. The number of aryl methyl sites for hydroxylation is 2. The van der Waals surface area contributed by atoms with E-state index in [4.69, 9.17) is 9.97 Å². The van der Waals surface area contributed by atoms with Gasteiger partial charge >= 0.3 is 0 Å². The minimum atomic E-state index is -0.502. The molecule has 0 saturated carbocycles. The highest BCUT2D eigenvalue weighted by Gasteiger charge is 2.49. The van der Waals surface area contributed by atoms with Crippen LogP contribution in [0.1, 0.15) is 72.2 Å². The quantitative estimate of drug-likeness (QED) is 0.153. The van der Waals surface area contributed by atoms with Gasteiger partial charge in [0.05, 0.1) is 16.8 Å². The maximum Gasteiger partial charge on any atom is 0.160 e. The maximum absolute atomic E-state index is 5.25. The predicted molar refractivity (Wildman–Crippen MR) is 257 cm³/mol. The molecule has 0 spiro atoms. The summed E-state index contributed by atoms with van der Waals surface area (Å²) >= 11 is 0. The van der Waals surface area contributed by atoms with E-state index >= 15 is 0 Å². The fraction of sp³-hybridized carbons (Fsp3) is 0.133. The molecule has 1 aromatic heterocycles. The summed E-state index contributed by atoms with van der Waals surface area (Å²) < 4.78 is 0. The Morgan fingerprint density at radius 1 is 0.355 bits per heavy atom. The number of rotatable bonds is 8. The summed E-state index contributed by atoms with van der Waals surface area (Å²) in [7, 11) is 0. The Morgan fingerprint density at radius 2 is 0.839 bits per heavy atom. The van der Waals surface area contributed by atoms with E-state index in [0.29, 0.717) is 0 Å². The zero-order valence-corrected chi connectivity index (χ0v) is 35.8. The maximum atomic E-state index is 5.25. The van der Waals surface area contributed by atoms with Gasteiger partial charge in [0.2, 0.25) is 0 Å². The van der Waals surface area contributed by atoms with Crippen molar-refractivity contribution in [2.45, 2.75) is 51.4 Å². The first-order valence-electron chi connectivity index (χ1n) is 22.1. The molecule has 8 aromatic carbocycles. The lowest BCUT2D eigenvalue weighted by Gasteiger charge is -2.38. The molecule has 11 rings (SSSR count). The minimum absolute atomic E-state index is 0.107. The Balaban J connectivity index is 1.08. The highest BCUT2D eigenvalue weighted by Crippen LogP contribution is 2.60. The number of nitrogens with zero attached hydrogens (tertiary/aromatic N) is 2. The van der Waals surface area contributed by atoms with Crippen LogP contribution in [-0.2, 0) is 23.7 Å². The van der Waals surface area contributed by atoms with Crippen molar-refractivity contribution in [3.8, 4) is 67.3 Å². The van der Waals surface area contributed by atoms with Crippen molar-refractivity contribution in [1.29, 1.82) is 0 Å². The lowest BCUT2D eigenvalue weighted by Crippen LogP contribution is -2.31. The van der Waals surface area contributed by atoms with Crippen LogP contribution in [0.25, 0.3) is 67.3 Å². The first-order chi connectivity index (χ1) is 30.4. The largest absolute Gasteiger partial charge is 0.228 e. The van der Waals surface area contributed by atoms with Crippen molar-refractivity contribution >= 4 is 0 Å². The topological polar surface area (TPSA) is 25.8 Å². The average Bonchev–Trinajstić information content (AvgIpc) is 3.77. The summed E-state index contributed by atoms with van der Waals surface area (Å²) in [5, 5.41) is 0. The molecule has 9 aromatic rings. The van der Waals surface area contributed by atoms with Crippen LogP contribution < -0.4 is 0 Å². The number of hydrogen-bond acceptors (Lipinski definition) is 2. The summed E-state index contributed by atoms with van der Waals surface area (Å²) in [5.41, 5.74) is 22.9. The second-order valence-electron chi connectivity index (χ2n) is 17.4. The van der Waals surface area contributed by atoms with Gasteiger partial charge in [0.25, 0.3) is 0 Å². The molecule has 0 radical (unpaired) electrons. The SMILES string of the molecule is CCc1ccccc1C1(c2ccccc2CC)c2ccccc2-c2cccc(-c3ccc(-c4cc(-c5ccc6c(c5)C(C)(C)c5ccccc5-6)nc(-c5ccccc5)n4)cc3)c21. The molecule has 0 fully saturated rings. The fourth-order valence-electron chi connectivity index (χ4n) is 10.8. The molecule has 298 valence electrons. The molecule has 0 saturated heterocycles. The molecule has 0 amide bonds. The molecule has 0 atom stereocenters. The van der Waals surface area contributed by atoms with E-state index in [9.17, 15) is 0 Å². The third kappa shape index (κ3) is 5.70. The van der Waals surface area contributed by atoms with E-state index in [1.165, 1.54) is 77.9 Å². The lowest BCUT2D eigenvalue weighted by molar-refractivity contribution is 0.660. The third-order valence-electron chi connectivity index (χ3n) is 13.8. The fourth-order valence-corrected chi connectivity index (χ4v) is 10.8. The highest BCUT2D eigenvalue weighted by atomic mass is 14.9. The molecule has 2 nitrogen and oxygen atoms in total. The van der Waals surface area contributed by atoms with Crippen LogP contribution >= 0.6 is 0 Å². The summed E-state index contributed by atoms with van der Waals surface area (Å²) in [6.45, 7) is 9.24. The zero-order chi connectivity index (χ0) is 42.0. The number of hydrogen-bond donors (Lipinski definition) is 0. The van der Waals surface area contributed by atoms with Gasteiger partial charge in [-0.3, -0.25) is 0 Å². The standard InChI is InChI=1S/C60H48N2/c1-5-39-19-10-14-27-50(39)60(51-28-15-11-20-40(51)6-2)53-30-17-13-24-47(53)49-26-18-25-45(57(49)60)41-31-33-42(34-32-41)55-38-56(62-58(61-55)43-21-8-7-9-22-43)44-35-36-48-46-23-12-16-29-52(46)59(3,4)54(48)37-44/h7-38H,5-6H2,1-4H3. The molecule has 0 bridgehead atoms. The molecule has 62 heavy (non-hydrogen) atoms. The molecular weight excluding hydrogens is 749 g/mol. The summed E-state index contributed by atoms with van der Waals surface area (Å²) in [5.74, 6) is 0.720. The molecule has 2 aliphatic rings. The number of aromatic nitrogens is 2. The normalized spacial score (nSPS) is 13.9. The van der Waals surface area contributed by atoms with Gasteiger partial charge in [-0.2, -0.15) is 0 Å². The average molecular weight is 797 g/mol. The summed E-state index contributed by atoms with van der Waals surface area (Å²) in [6, 6.07) is 71.6. The van der Waals surface area contributed by atoms with Crippen molar-refractivity contribution < 1.29 is 0 Å². The van der Waals surface area contributed by atoms with Gasteiger partial charge in [0, 0.05) is 22.1 Å². The van der Waals surface area contributed by atoms with Crippen LogP contribution in [0.3, 0.4) is 0 Å². The van der Waals surface area contributed by atoms with Crippen LogP contribution in [0, 0.1) is 0 Å². The van der Waals surface area contributed by atoms with Crippen LogP contribution in [0.15, 0.2) is 194 Å². The van der Waals surface area contributed by atoms with Gasteiger partial charge in [0.15, 0.2) is 5.82 Å². The molecule has 0 aliphatic heterocycles. The Kier molecular flexibility index (Phi) is 9.02. The van der Waals surface area contributed by atoms with Gasteiger partial charge in [0.1, 0.15) is 0 Å². The van der Waals surface area contributed by atoms with Gasteiger partial charge < -0.3 is 0 Å². The zero-order valence-electron chi connectivity index (χ0n) is 35.8. The predicted octanol–water partition coefficient (Wildman–Crippen LogP) is 14.9. The van der Waals surface area contributed by atoms with Gasteiger partial charge in [-0.1, -0.05) is 210 Å². The van der Waals surface area contributed by atoms with Crippen molar-refractivity contribution in [3.63, 3.8) is 0 Å². The van der Waals surface area contributed by atoms with E-state index in [2.05, 4.69) is 216 Å². The Hall–Kier alpha value is -7.16. The summed E-state index contributed by atoms with van der Waals surface area (Å²) in [4.78, 5) is 10.5. The Bertz CT molecular complexity index is 3120. The van der Waals surface area contributed by atoms with E-state index in [-0.39, 0.29) is 5.41 Å². The van der Waals surface area contributed by atoms with Crippen LogP contribution in [-0.4, -0.2) is 9.97 Å². The molecule has 1 heterocycles. The van der Waals surface area contributed by atoms with E-state index in [1.54, 1.807) is 0 Å².